The van der Waals surface area contributed by atoms with Gasteiger partial charge < -0.3 is 9.72 Å². The molecule has 3 aromatic heterocycles. The summed E-state index contributed by atoms with van der Waals surface area (Å²) in [5, 5.41) is 19.5. The first-order chi connectivity index (χ1) is 12.0. The van der Waals surface area contributed by atoms with E-state index in [2.05, 4.69) is 26.6 Å². The number of carbonyl (C=O) groups is 1. The van der Waals surface area contributed by atoms with Crippen molar-refractivity contribution in [2.45, 2.75) is 31.6 Å². The minimum Gasteiger partial charge on any atom is -0.309 e. The third kappa shape index (κ3) is 2.96. The molecule has 25 heavy (non-hydrogen) atoms. The zero-order valence-electron chi connectivity index (χ0n) is 13.5. The van der Waals surface area contributed by atoms with Crippen molar-refractivity contribution in [3.63, 3.8) is 0 Å². The van der Waals surface area contributed by atoms with Gasteiger partial charge in [-0.1, -0.05) is 11.6 Å². The molecule has 126 valence electrons. The number of hydrogen-bond acceptors (Lipinski definition) is 4. The van der Waals surface area contributed by atoms with Gasteiger partial charge in [0.15, 0.2) is 11.5 Å². The van der Waals surface area contributed by atoms with Crippen LogP contribution in [0.1, 0.15) is 48.6 Å². The van der Waals surface area contributed by atoms with Gasteiger partial charge in [0, 0.05) is 30.1 Å². The van der Waals surface area contributed by atoms with Crippen LogP contribution >= 0.6 is 11.6 Å². The summed E-state index contributed by atoms with van der Waals surface area (Å²) in [6.07, 6.45) is 5.70. The lowest BCUT2D eigenvalue weighted by atomic mass is 10.1. The lowest BCUT2D eigenvalue weighted by Crippen LogP contribution is -2.19. The van der Waals surface area contributed by atoms with E-state index in [0.717, 1.165) is 18.5 Å². The van der Waals surface area contributed by atoms with Crippen molar-refractivity contribution in [2.75, 3.05) is 5.32 Å². The molecule has 1 atom stereocenters. The zero-order chi connectivity index (χ0) is 17.6. The van der Waals surface area contributed by atoms with Crippen LogP contribution in [-0.4, -0.2) is 25.5 Å². The lowest BCUT2D eigenvalue weighted by Gasteiger charge is -2.07. The van der Waals surface area contributed by atoms with E-state index in [1.165, 1.54) is 0 Å². The number of H-pyrrole nitrogens is 1. The van der Waals surface area contributed by atoms with Crippen LogP contribution < -0.4 is 5.32 Å². The van der Waals surface area contributed by atoms with Gasteiger partial charge >= 0.3 is 0 Å². The molecule has 1 fully saturated rings. The SMILES string of the molecule is CC(C(=O)Nc1cc(C2CC2)[nH]n1)c1cn2cc(Cl)cc(C#N)c2n1. The highest BCUT2D eigenvalue weighted by Gasteiger charge is 2.26. The molecule has 3 heterocycles. The van der Waals surface area contributed by atoms with Gasteiger partial charge in [0.1, 0.15) is 6.07 Å². The van der Waals surface area contributed by atoms with E-state index < -0.39 is 5.92 Å². The summed E-state index contributed by atoms with van der Waals surface area (Å²) in [7, 11) is 0. The molecule has 0 spiro atoms. The fraction of sp³-hybridized carbons (Fsp3) is 0.294. The Balaban J connectivity index is 1.56. The maximum atomic E-state index is 12.5. The van der Waals surface area contributed by atoms with Gasteiger partial charge in [-0.05, 0) is 25.8 Å². The van der Waals surface area contributed by atoms with Gasteiger partial charge in [-0.2, -0.15) is 10.4 Å². The quantitative estimate of drug-likeness (QED) is 0.751. The first-order valence-electron chi connectivity index (χ1n) is 7.99. The van der Waals surface area contributed by atoms with Crippen LogP contribution in [0, 0.1) is 11.3 Å². The highest BCUT2D eigenvalue weighted by Crippen LogP contribution is 2.39. The molecule has 1 saturated carbocycles. The Morgan fingerprint density at radius 3 is 3.00 bits per heavy atom. The van der Waals surface area contributed by atoms with Crippen LogP contribution in [0.3, 0.4) is 0 Å². The standard InChI is InChI=1S/C17H15ClN6O/c1-9(17(25)21-15-5-13(22-23-15)10-2-3-10)14-8-24-7-12(18)4-11(6-19)16(24)20-14/h4-5,7-10H,2-3H2,1H3,(H2,21,22,23,25). The van der Waals surface area contributed by atoms with Gasteiger partial charge in [-0.25, -0.2) is 4.98 Å². The monoisotopic (exact) mass is 354 g/mol. The number of nitriles is 1. The smallest absolute Gasteiger partial charge is 0.234 e. The van der Waals surface area contributed by atoms with E-state index in [-0.39, 0.29) is 5.91 Å². The minimum absolute atomic E-state index is 0.207. The van der Waals surface area contributed by atoms with Crippen LogP contribution in [-0.2, 0) is 4.79 Å². The van der Waals surface area contributed by atoms with Gasteiger partial charge in [0.2, 0.25) is 5.91 Å². The summed E-state index contributed by atoms with van der Waals surface area (Å²) in [6, 6.07) is 5.50. The number of nitrogens with zero attached hydrogens (tertiary/aromatic N) is 4. The largest absolute Gasteiger partial charge is 0.309 e. The maximum absolute atomic E-state index is 12.5. The number of fused-ring (bicyclic) bond motifs is 1. The lowest BCUT2D eigenvalue weighted by molar-refractivity contribution is -0.117. The van der Waals surface area contributed by atoms with Gasteiger partial charge in [0.05, 0.1) is 22.2 Å². The molecule has 1 aliphatic carbocycles. The molecule has 4 rings (SSSR count). The summed E-state index contributed by atoms with van der Waals surface area (Å²) in [6.45, 7) is 1.76. The third-order valence-corrected chi connectivity index (χ3v) is 4.57. The fourth-order valence-corrected chi connectivity index (χ4v) is 2.96. The summed E-state index contributed by atoms with van der Waals surface area (Å²) in [5.74, 6) is 0.361. The zero-order valence-corrected chi connectivity index (χ0v) is 14.2. The first-order valence-corrected chi connectivity index (χ1v) is 8.37. The van der Waals surface area contributed by atoms with E-state index in [9.17, 15) is 10.1 Å². The number of hydrogen-bond donors (Lipinski definition) is 2. The Morgan fingerprint density at radius 2 is 2.28 bits per heavy atom. The number of amides is 1. The Bertz CT molecular complexity index is 1010. The Labute approximate surface area is 148 Å². The third-order valence-electron chi connectivity index (χ3n) is 4.36. The number of halogens is 1. The normalized spacial score (nSPS) is 15.1. The van der Waals surface area contributed by atoms with Crippen LogP contribution in [0.25, 0.3) is 5.65 Å². The predicted octanol–water partition coefficient (Wildman–Crippen LogP) is 3.20. The first kappa shape index (κ1) is 15.7. The average molecular weight is 355 g/mol. The van der Waals surface area contributed by atoms with E-state index in [1.54, 1.807) is 29.8 Å². The second-order valence-corrected chi connectivity index (χ2v) is 6.71. The van der Waals surface area contributed by atoms with E-state index in [0.29, 0.717) is 33.7 Å². The number of aromatic nitrogens is 4. The number of nitrogens with one attached hydrogen (secondary N) is 2. The summed E-state index contributed by atoms with van der Waals surface area (Å²) in [4.78, 5) is 16.9. The number of imidazole rings is 1. The van der Waals surface area contributed by atoms with Crippen molar-refractivity contribution in [1.29, 1.82) is 5.26 Å². The molecule has 8 heteroatoms. The van der Waals surface area contributed by atoms with Crippen LogP contribution in [0.5, 0.6) is 0 Å². The van der Waals surface area contributed by atoms with E-state index >= 15 is 0 Å². The van der Waals surface area contributed by atoms with Crippen molar-refractivity contribution in [3.8, 4) is 6.07 Å². The van der Waals surface area contributed by atoms with Crippen LogP contribution in [0.4, 0.5) is 5.82 Å². The highest BCUT2D eigenvalue weighted by atomic mass is 35.5. The van der Waals surface area contributed by atoms with Crippen LogP contribution in [0.2, 0.25) is 5.02 Å². The van der Waals surface area contributed by atoms with Crippen molar-refractivity contribution < 1.29 is 4.79 Å². The highest BCUT2D eigenvalue weighted by molar-refractivity contribution is 6.30. The Hall–Kier alpha value is -2.85. The van der Waals surface area contributed by atoms with Crippen molar-refractivity contribution in [2.24, 2.45) is 0 Å². The van der Waals surface area contributed by atoms with Gasteiger partial charge in [0.25, 0.3) is 0 Å². The Morgan fingerprint density at radius 1 is 1.48 bits per heavy atom. The number of carbonyl (C=O) groups excluding carboxylic acids is 1. The number of anilines is 1. The van der Waals surface area contributed by atoms with Crippen molar-refractivity contribution in [1.82, 2.24) is 19.6 Å². The maximum Gasteiger partial charge on any atom is 0.234 e. The predicted molar refractivity (Wildman–Crippen MR) is 92.5 cm³/mol. The summed E-state index contributed by atoms with van der Waals surface area (Å²) in [5.41, 5.74) is 2.48. The topological polar surface area (TPSA) is 98.9 Å². The Kier molecular flexibility index (Phi) is 3.70. The number of rotatable bonds is 4. The second kappa shape index (κ2) is 5.90. The minimum atomic E-state index is -0.494. The fourth-order valence-electron chi connectivity index (χ4n) is 2.75. The van der Waals surface area contributed by atoms with Gasteiger partial charge in [-0.3, -0.25) is 9.89 Å². The molecular formula is C17H15ClN6O. The molecular weight excluding hydrogens is 340 g/mol. The number of aromatic amines is 1. The summed E-state index contributed by atoms with van der Waals surface area (Å²) < 4.78 is 1.67. The molecule has 0 saturated heterocycles. The molecule has 1 aliphatic rings. The molecule has 7 nitrogen and oxygen atoms in total. The van der Waals surface area contributed by atoms with Crippen molar-refractivity contribution >= 4 is 29.0 Å². The molecule has 0 aromatic carbocycles. The van der Waals surface area contributed by atoms with Crippen molar-refractivity contribution in [3.05, 3.63) is 46.5 Å². The second-order valence-electron chi connectivity index (χ2n) is 6.27. The van der Waals surface area contributed by atoms with Gasteiger partial charge in [-0.15, -0.1) is 0 Å². The van der Waals surface area contributed by atoms with E-state index in [1.807, 2.05) is 6.07 Å². The van der Waals surface area contributed by atoms with E-state index in [4.69, 9.17) is 11.6 Å². The molecule has 1 amide bonds. The molecule has 0 bridgehead atoms. The molecule has 2 N–H and O–H groups in total. The molecule has 0 radical (unpaired) electrons. The van der Waals surface area contributed by atoms with Crippen LogP contribution in [0.15, 0.2) is 24.5 Å². The average Bonchev–Trinajstić information content (AvgIpc) is 3.19. The summed E-state index contributed by atoms with van der Waals surface area (Å²) >= 11 is 6.00. The number of pyridine rings is 1. The molecule has 0 aliphatic heterocycles. The molecule has 1 unspecified atom stereocenters. The molecule has 3 aromatic rings.